The lowest BCUT2D eigenvalue weighted by Gasteiger charge is -2.16. The Bertz CT molecular complexity index is 521. The normalized spacial score (nSPS) is 13.7. The van der Waals surface area contributed by atoms with Crippen LogP contribution in [0, 0.1) is 18.8 Å². The first-order valence-corrected chi connectivity index (χ1v) is 6.11. The number of aryl methyl sites for hydroxylation is 1. The summed E-state index contributed by atoms with van der Waals surface area (Å²) in [6, 6.07) is 5.93. The number of nitrogens with zero attached hydrogens (tertiary/aromatic N) is 1. The summed E-state index contributed by atoms with van der Waals surface area (Å²) in [4.78, 5) is 14.0. The van der Waals surface area contributed by atoms with Crippen LogP contribution in [0.5, 0.6) is 0 Å². The average Bonchev–Trinajstić information content (AvgIpc) is 3.19. The number of hydrogen-bond acceptors (Lipinski definition) is 2. The molecule has 1 fully saturated rings. The molecule has 0 aliphatic heterocycles. The molecule has 0 heterocycles. The van der Waals surface area contributed by atoms with E-state index in [1.165, 1.54) is 0 Å². The summed E-state index contributed by atoms with van der Waals surface area (Å²) in [7, 11) is 1.86. The van der Waals surface area contributed by atoms with Gasteiger partial charge in [-0.25, -0.2) is 0 Å². The highest BCUT2D eigenvalue weighted by Gasteiger charge is 2.30. The van der Waals surface area contributed by atoms with Gasteiger partial charge in [0.25, 0.3) is 5.91 Å². The van der Waals surface area contributed by atoms with E-state index < -0.39 is 0 Å². The molecule has 0 bridgehead atoms. The molecule has 3 heteroatoms. The summed E-state index contributed by atoms with van der Waals surface area (Å²) >= 11 is 0. The summed E-state index contributed by atoms with van der Waals surface area (Å²) in [6.45, 7) is 1.78. The zero-order valence-electron chi connectivity index (χ0n) is 10.7. The molecule has 0 spiro atoms. The first-order valence-electron chi connectivity index (χ1n) is 6.11. The van der Waals surface area contributed by atoms with Crippen molar-refractivity contribution in [3.05, 3.63) is 34.9 Å². The van der Waals surface area contributed by atoms with E-state index in [4.69, 9.17) is 5.11 Å². The predicted molar refractivity (Wildman–Crippen MR) is 70.3 cm³/mol. The summed E-state index contributed by atoms with van der Waals surface area (Å²) in [5.41, 5.74) is 2.53. The lowest BCUT2D eigenvalue weighted by Crippen LogP contribution is -2.28. The van der Waals surface area contributed by atoms with Crippen LogP contribution in [-0.4, -0.2) is 35.6 Å². The van der Waals surface area contributed by atoms with E-state index >= 15 is 0 Å². The summed E-state index contributed by atoms with van der Waals surface area (Å²) in [5, 5.41) is 8.67. The Labute approximate surface area is 107 Å². The van der Waals surface area contributed by atoms with Crippen LogP contribution in [-0.2, 0) is 0 Å². The van der Waals surface area contributed by atoms with Crippen molar-refractivity contribution >= 4 is 5.91 Å². The number of carbonyl (C=O) groups excluding carboxylic acids is 1. The minimum Gasteiger partial charge on any atom is -0.384 e. The van der Waals surface area contributed by atoms with Crippen LogP contribution in [0.15, 0.2) is 18.2 Å². The summed E-state index contributed by atoms with van der Waals surface area (Å²) < 4.78 is 0. The third-order valence-corrected chi connectivity index (χ3v) is 3.19. The Hall–Kier alpha value is -1.79. The van der Waals surface area contributed by atoms with Crippen LogP contribution in [0.3, 0.4) is 0 Å². The summed E-state index contributed by atoms with van der Waals surface area (Å²) in [6.07, 6.45) is 2.22. The zero-order valence-corrected chi connectivity index (χ0v) is 10.7. The van der Waals surface area contributed by atoms with Crippen LogP contribution in [0.25, 0.3) is 0 Å². The SMILES string of the molecule is Cc1cc(C(=O)N(C)C2CC2)ccc1C#CCO. The number of amides is 1. The molecule has 1 aliphatic rings. The summed E-state index contributed by atoms with van der Waals surface area (Å²) in [5.74, 6) is 5.55. The molecule has 0 unspecified atom stereocenters. The van der Waals surface area contributed by atoms with Crippen molar-refractivity contribution in [1.82, 2.24) is 4.90 Å². The smallest absolute Gasteiger partial charge is 0.253 e. The number of carbonyl (C=O) groups is 1. The Balaban J connectivity index is 2.19. The third-order valence-electron chi connectivity index (χ3n) is 3.19. The largest absolute Gasteiger partial charge is 0.384 e. The van der Waals surface area contributed by atoms with Gasteiger partial charge in [0.05, 0.1) is 0 Å². The van der Waals surface area contributed by atoms with Gasteiger partial charge in [-0.05, 0) is 43.5 Å². The fourth-order valence-electron chi connectivity index (χ4n) is 1.90. The van der Waals surface area contributed by atoms with Crippen molar-refractivity contribution in [2.24, 2.45) is 0 Å². The number of hydrogen-bond donors (Lipinski definition) is 1. The third kappa shape index (κ3) is 2.72. The molecule has 2 rings (SSSR count). The Kier molecular flexibility index (Phi) is 3.69. The van der Waals surface area contributed by atoms with Gasteiger partial charge in [-0.15, -0.1) is 0 Å². The molecule has 1 aromatic rings. The van der Waals surface area contributed by atoms with Crippen molar-refractivity contribution in [1.29, 1.82) is 0 Å². The second-order valence-corrected chi connectivity index (χ2v) is 4.64. The number of aliphatic hydroxyl groups is 1. The van der Waals surface area contributed by atoms with Gasteiger partial charge in [-0.1, -0.05) is 11.8 Å². The molecule has 0 aromatic heterocycles. The highest BCUT2D eigenvalue weighted by Crippen LogP contribution is 2.26. The minimum atomic E-state index is -0.148. The number of rotatable bonds is 2. The van der Waals surface area contributed by atoms with Crippen LogP contribution in [0.1, 0.15) is 34.3 Å². The number of benzene rings is 1. The fourth-order valence-corrected chi connectivity index (χ4v) is 1.90. The maximum Gasteiger partial charge on any atom is 0.253 e. The Morgan fingerprint density at radius 1 is 1.50 bits per heavy atom. The van der Waals surface area contributed by atoms with E-state index in [9.17, 15) is 4.79 Å². The van der Waals surface area contributed by atoms with Gasteiger partial charge in [0, 0.05) is 24.2 Å². The monoisotopic (exact) mass is 243 g/mol. The molecule has 0 atom stereocenters. The minimum absolute atomic E-state index is 0.0715. The second kappa shape index (κ2) is 5.24. The van der Waals surface area contributed by atoms with Crippen molar-refractivity contribution in [2.75, 3.05) is 13.7 Å². The molecule has 1 amide bonds. The predicted octanol–water partition coefficient (Wildman–Crippen LogP) is 1.57. The zero-order chi connectivity index (χ0) is 13.1. The maximum atomic E-state index is 12.2. The maximum absolute atomic E-state index is 12.2. The van der Waals surface area contributed by atoms with Crippen molar-refractivity contribution in [2.45, 2.75) is 25.8 Å². The van der Waals surface area contributed by atoms with Crippen LogP contribution in [0.4, 0.5) is 0 Å². The van der Waals surface area contributed by atoms with Gasteiger partial charge in [0.15, 0.2) is 0 Å². The average molecular weight is 243 g/mol. The molecule has 1 N–H and O–H groups in total. The molecule has 18 heavy (non-hydrogen) atoms. The van der Waals surface area contributed by atoms with Crippen LogP contribution < -0.4 is 0 Å². The molecule has 1 aliphatic carbocycles. The molecule has 1 saturated carbocycles. The van der Waals surface area contributed by atoms with E-state index in [0.29, 0.717) is 11.6 Å². The topological polar surface area (TPSA) is 40.5 Å². The lowest BCUT2D eigenvalue weighted by molar-refractivity contribution is 0.0785. The van der Waals surface area contributed by atoms with Crippen molar-refractivity contribution in [3.8, 4) is 11.8 Å². The lowest BCUT2D eigenvalue weighted by atomic mass is 10.0. The first kappa shape index (κ1) is 12.7. The second-order valence-electron chi connectivity index (χ2n) is 4.64. The standard InChI is InChI=1S/C15H17NO2/c1-11-10-13(6-5-12(11)4-3-9-17)15(18)16(2)14-7-8-14/h5-6,10,14,17H,7-9H2,1-2H3. The van der Waals surface area contributed by atoms with Gasteiger partial charge in [-0.3, -0.25) is 4.79 Å². The molecular weight excluding hydrogens is 226 g/mol. The van der Waals surface area contributed by atoms with Gasteiger partial charge in [0.2, 0.25) is 0 Å². The van der Waals surface area contributed by atoms with Crippen molar-refractivity contribution in [3.63, 3.8) is 0 Å². The molecule has 1 aromatic carbocycles. The molecule has 94 valence electrons. The fraction of sp³-hybridized carbons (Fsp3) is 0.400. The molecule has 0 radical (unpaired) electrons. The van der Waals surface area contributed by atoms with E-state index in [1.54, 1.807) is 6.07 Å². The van der Waals surface area contributed by atoms with Crippen LogP contribution >= 0.6 is 0 Å². The quantitative estimate of drug-likeness (QED) is 0.801. The van der Waals surface area contributed by atoms with E-state index in [0.717, 1.165) is 24.0 Å². The van der Waals surface area contributed by atoms with Gasteiger partial charge in [0.1, 0.15) is 6.61 Å². The molecule has 0 saturated heterocycles. The van der Waals surface area contributed by atoms with Crippen LogP contribution in [0.2, 0.25) is 0 Å². The van der Waals surface area contributed by atoms with Crippen molar-refractivity contribution < 1.29 is 9.90 Å². The Morgan fingerprint density at radius 2 is 2.22 bits per heavy atom. The van der Waals surface area contributed by atoms with E-state index in [1.807, 2.05) is 31.0 Å². The van der Waals surface area contributed by atoms with Gasteiger partial charge >= 0.3 is 0 Å². The van der Waals surface area contributed by atoms with Gasteiger partial charge < -0.3 is 10.0 Å². The Morgan fingerprint density at radius 3 is 2.78 bits per heavy atom. The molecular formula is C15H17NO2. The van der Waals surface area contributed by atoms with Gasteiger partial charge in [-0.2, -0.15) is 0 Å². The highest BCUT2D eigenvalue weighted by atomic mass is 16.2. The van der Waals surface area contributed by atoms with E-state index in [2.05, 4.69) is 11.8 Å². The number of aliphatic hydroxyl groups excluding tert-OH is 1. The first-order chi connectivity index (χ1) is 8.63. The van der Waals surface area contributed by atoms with E-state index in [-0.39, 0.29) is 12.5 Å². The molecule has 3 nitrogen and oxygen atoms in total. The highest BCUT2D eigenvalue weighted by molar-refractivity contribution is 5.94.